The summed E-state index contributed by atoms with van der Waals surface area (Å²) in [6.45, 7) is 4.92. The van der Waals surface area contributed by atoms with E-state index in [1.165, 1.54) is 5.56 Å². The van der Waals surface area contributed by atoms with Crippen LogP contribution in [-0.4, -0.2) is 56.1 Å². The lowest BCUT2D eigenvalue weighted by molar-refractivity contribution is -0.119. The van der Waals surface area contributed by atoms with Crippen LogP contribution in [0.5, 0.6) is 5.75 Å². The lowest BCUT2D eigenvalue weighted by Crippen LogP contribution is -2.41. The van der Waals surface area contributed by atoms with E-state index in [0.717, 1.165) is 50.6 Å². The third-order valence-electron chi connectivity index (χ3n) is 4.72. The number of hydrogen-bond acceptors (Lipinski definition) is 3. The summed E-state index contributed by atoms with van der Waals surface area (Å²) < 4.78 is 5.23. The number of carbonyl (C=O) groups is 1. The van der Waals surface area contributed by atoms with Gasteiger partial charge < -0.3 is 20.3 Å². The number of hydrogen-bond donors (Lipinski definition) is 2. The second-order valence-corrected chi connectivity index (χ2v) is 6.72. The Bertz CT molecular complexity index is 610. The molecule has 1 saturated carbocycles. The summed E-state index contributed by atoms with van der Waals surface area (Å²) >= 11 is 0. The molecule has 1 aromatic carbocycles. The molecule has 1 saturated heterocycles. The molecular formula is C19H28N4O2. The maximum absolute atomic E-state index is 11.9. The van der Waals surface area contributed by atoms with Gasteiger partial charge in [-0.1, -0.05) is 12.1 Å². The lowest BCUT2D eigenvalue weighted by Gasteiger charge is -2.21. The summed E-state index contributed by atoms with van der Waals surface area (Å²) in [6, 6.07) is 8.69. The molecule has 0 aromatic heterocycles. The van der Waals surface area contributed by atoms with Gasteiger partial charge in [-0.05, 0) is 43.9 Å². The largest absolute Gasteiger partial charge is 0.497 e. The van der Waals surface area contributed by atoms with Crippen molar-refractivity contribution in [1.29, 1.82) is 0 Å². The normalized spacial score (nSPS) is 20.5. The van der Waals surface area contributed by atoms with Crippen molar-refractivity contribution in [2.45, 2.75) is 38.1 Å². The van der Waals surface area contributed by atoms with Crippen LogP contribution in [0.25, 0.3) is 0 Å². The van der Waals surface area contributed by atoms with Gasteiger partial charge in [0.05, 0.1) is 7.11 Å². The molecule has 2 aliphatic rings. The van der Waals surface area contributed by atoms with Crippen LogP contribution in [0.2, 0.25) is 0 Å². The number of rotatable bonds is 6. The quantitative estimate of drug-likeness (QED) is 0.609. The SMILES string of the molecule is CCNC(=NCC(=O)NC1CC1)N1CCC(c2ccc(OC)cc2)C1. The van der Waals surface area contributed by atoms with Crippen LogP contribution in [-0.2, 0) is 4.79 Å². The number of carbonyl (C=O) groups excluding carboxylic acids is 1. The molecule has 2 N–H and O–H groups in total. The Morgan fingerprint density at radius 3 is 2.68 bits per heavy atom. The highest BCUT2D eigenvalue weighted by Gasteiger charge is 2.27. The number of ether oxygens (including phenoxy) is 1. The second kappa shape index (κ2) is 8.23. The fraction of sp³-hybridized carbons (Fsp3) is 0.579. The van der Waals surface area contributed by atoms with Gasteiger partial charge >= 0.3 is 0 Å². The second-order valence-electron chi connectivity index (χ2n) is 6.72. The summed E-state index contributed by atoms with van der Waals surface area (Å²) in [5, 5.41) is 6.30. The van der Waals surface area contributed by atoms with E-state index in [1.807, 2.05) is 12.1 Å². The first kappa shape index (κ1) is 17.6. The van der Waals surface area contributed by atoms with E-state index in [0.29, 0.717) is 12.0 Å². The van der Waals surface area contributed by atoms with Gasteiger partial charge in [0, 0.05) is 31.6 Å². The molecule has 6 heteroatoms. The van der Waals surface area contributed by atoms with Crippen LogP contribution < -0.4 is 15.4 Å². The Morgan fingerprint density at radius 2 is 2.04 bits per heavy atom. The molecule has 0 spiro atoms. The molecule has 1 atom stereocenters. The van der Waals surface area contributed by atoms with Crippen molar-refractivity contribution in [1.82, 2.24) is 15.5 Å². The van der Waals surface area contributed by atoms with Crippen molar-refractivity contribution in [2.24, 2.45) is 4.99 Å². The van der Waals surface area contributed by atoms with Crippen LogP contribution in [0.4, 0.5) is 0 Å². The third kappa shape index (κ3) is 4.87. The Balaban J connectivity index is 1.58. The Labute approximate surface area is 149 Å². The standard InChI is InChI=1S/C19H28N4O2/c1-3-20-19(21-12-18(24)22-16-6-7-16)23-11-10-15(13-23)14-4-8-17(25-2)9-5-14/h4-5,8-9,15-16H,3,6-7,10-13H2,1-2H3,(H,20,21)(H,22,24). The van der Waals surface area contributed by atoms with Crippen LogP contribution in [0.1, 0.15) is 37.7 Å². The highest BCUT2D eigenvalue weighted by molar-refractivity contribution is 5.85. The highest BCUT2D eigenvalue weighted by atomic mass is 16.5. The Morgan fingerprint density at radius 1 is 1.28 bits per heavy atom. The highest BCUT2D eigenvalue weighted by Crippen LogP contribution is 2.28. The van der Waals surface area contributed by atoms with E-state index in [9.17, 15) is 4.79 Å². The summed E-state index contributed by atoms with van der Waals surface area (Å²) in [5.74, 6) is 2.22. The number of nitrogens with zero attached hydrogens (tertiary/aromatic N) is 2. The van der Waals surface area contributed by atoms with Crippen molar-refractivity contribution >= 4 is 11.9 Å². The first-order valence-corrected chi connectivity index (χ1v) is 9.16. The molecular weight excluding hydrogens is 316 g/mol. The minimum Gasteiger partial charge on any atom is -0.497 e. The molecule has 1 heterocycles. The topological polar surface area (TPSA) is 66.0 Å². The van der Waals surface area contributed by atoms with Gasteiger partial charge in [-0.25, -0.2) is 4.99 Å². The smallest absolute Gasteiger partial charge is 0.242 e. The number of likely N-dealkylation sites (tertiary alicyclic amines) is 1. The van der Waals surface area contributed by atoms with Gasteiger partial charge in [-0.3, -0.25) is 4.79 Å². The average molecular weight is 344 g/mol. The summed E-state index contributed by atoms with van der Waals surface area (Å²) in [7, 11) is 1.69. The maximum Gasteiger partial charge on any atom is 0.242 e. The minimum absolute atomic E-state index is 0.0174. The molecule has 25 heavy (non-hydrogen) atoms. The van der Waals surface area contributed by atoms with Gasteiger partial charge in [-0.15, -0.1) is 0 Å². The Hall–Kier alpha value is -2.24. The predicted octanol–water partition coefficient (Wildman–Crippen LogP) is 1.73. The van der Waals surface area contributed by atoms with Crippen LogP contribution in [0, 0.1) is 0 Å². The van der Waals surface area contributed by atoms with Crippen molar-refractivity contribution in [3.63, 3.8) is 0 Å². The number of aliphatic imine (C=N–C) groups is 1. The zero-order valence-corrected chi connectivity index (χ0v) is 15.1. The number of amides is 1. The number of nitrogens with one attached hydrogen (secondary N) is 2. The van der Waals surface area contributed by atoms with E-state index in [4.69, 9.17) is 4.74 Å². The van der Waals surface area contributed by atoms with E-state index in [-0.39, 0.29) is 12.5 Å². The molecule has 3 rings (SSSR count). The average Bonchev–Trinajstić information content (AvgIpc) is 3.31. The first-order valence-electron chi connectivity index (χ1n) is 9.16. The van der Waals surface area contributed by atoms with Gasteiger partial charge in [0.2, 0.25) is 5.91 Å². The molecule has 1 amide bonds. The van der Waals surface area contributed by atoms with Gasteiger partial charge in [0.1, 0.15) is 12.3 Å². The monoisotopic (exact) mass is 344 g/mol. The van der Waals surface area contributed by atoms with Crippen molar-refractivity contribution in [3.05, 3.63) is 29.8 Å². The molecule has 6 nitrogen and oxygen atoms in total. The van der Waals surface area contributed by atoms with Crippen molar-refractivity contribution < 1.29 is 9.53 Å². The summed E-state index contributed by atoms with van der Waals surface area (Å²) in [5.41, 5.74) is 1.32. The molecule has 1 aliphatic carbocycles. The molecule has 1 aliphatic heterocycles. The first-order chi connectivity index (χ1) is 12.2. The van der Waals surface area contributed by atoms with E-state index in [1.54, 1.807) is 7.11 Å². The van der Waals surface area contributed by atoms with Gasteiger partial charge in [0.25, 0.3) is 0 Å². The molecule has 2 fully saturated rings. The van der Waals surface area contributed by atoms with Crippen LogP contribution >= 0.6 is 0 Å². The van der Waals surface area contributed by atoms with Gasteiger partial charge in [0.15, 0.2) is 5.96 Å². The zero-order valence-electron chi connectivity index (χ0n) is 15.1. The predicted molar refractivity (Wildman–Crippen MR) is 99.1 cm³/mol. The Kier molecular flexibility index (Phi) is 5.79. The van der Waals surface area contributed by atoms with Crippen LogP contribution in [0.3, 0.4) is 0 Å². The lowest BCUT2D eigenvalue weighted by atomic mass is 9.98. The number of methoxy groups -OCH3 is 1. The summed E-state index contributed by atoms with van der Waals surface area (Å²) in [4.78, 5) is 18.7. The van der Waals surface area contributed by atoms with E-state index >= 15 is 0 Å². The molecule has 1 aromatic rings. The third-order valence-corrected chi connectivity index (χ3v) is 4.72. The van der Waals surface area contributed by atoms with Crippen molar-refractivity contribution in [3.8, 4) is 5.75 Å². The van der Waals surface area contributed by atoms with E-state index < -0.39 is 0 Å². The molecule has 0 bridgehead atoms. The number of guanidine groups is 1. The fourth-order valence-corrected chi connectivity index (χ4v) is 3.17. The fourth-order valence-electron chi connectivity index (χ4n) is 3.17. The van der Waals surface area contributed by atoms with E-state index in [2.05, 4.69) is 39.6 Å². The molecule has 1 unspecified atom stereocenters. The van der Waals surface area contributed by atoms with Crippen molar-refractivity contribution in [2.75, 3.05) is 33.3 Å². The molecule has 136 valence electrons. The minimum atomic E-state index is 0.0174. The zero-order chi connectivity index (χ0) is 17.6. The molecule has 0 radical (unpaired) electrons. The number of benzene rings is 1. The maximum atomic E-state index is 11.9. The summed E-state index contributed by atoms with van der Waals surface area (Å²) in [6.07, 6.45) is 3.29. The van der Waals surface area contributed by atoms with Crippen LogP contribution in [0.15, 0.2) is 29.3 Å². The van der Waals surface area contributed by atoms with Gasteiger partial charge in [-0.2, -0.15) is 0 Å².